The Labute approximate surface area is 548 Å². The van der Waals surface area contributed by atoms with E-state index in [9.17, 15) is 24.0 Å². The summed E-state index contributed by atoms with van der Waals surface area (Å²) in [5.41, 5.74) is 7.07. The lowest BCUT2D eigenvalue weighted by Gasteiger charge is -2.48. The highest BCUT2D eigenvalue weighted by Crippen LogP contribution is 2.40. The Bertz CT molecular complexity index is 3280. The van der Waals surface area contributed by atoms with Gasteiger partial charge in [-0.2, -0.15) is 0 Å². The first-order chi connectivity index (χ1) is 38.9. The minimum atomic E-state index is 0. The topological polar surface area (TPSA) is 141 Å². The van der Waals surface area contributed by atoms with Crippen LogP contribution in [0.3, 0.4) is 0 Å². The third-order valence-corrected chi connectivity index (χ3v) is 20.1. The summed E-state index contributed by atoms with van der Waals surface area (Å²) in [6, 6.07) is 28.5. The molecule has 15 rings (SSSR count). The molecule has 12 atom stereocenters. The Morgan fingerprint density at radius 1 is 0.452 bits per heavy atom. The summed E-state index contributed by atoms with van der Waals surface area (Å²) in [6.45, 7) is 20.5. The van der Waals surface area contributed by atoms with Crippen molar-refractivity contribution in [3.63, 3.8) is 0 Å². The molecule has 5 aromatic rings. The van der Waals surface area contributed by atoms with E-state index in [2.05, 4.69) is 82.3 Å². The molecule has 15 heterocycles. The summed E-state index contributed by atoms with van der Waals surface area (Å²) in [4.78, 5) is 65.3. The first-order valence-electron chi connectivity index (χ1n) is 30.9. The number of nitrogens with zero attached hydrogens (tertiary/aromatic N) is 9. The maximum absolute atomic E-state index is 11.9. The molecule has 0 radical (unpaired) electrons. The maximum Gasteiger partial charge on any atom is 0.250 e. The van der Waals surface area contributed by atoms with E-state index in [1.165, 1.54) is 117 Å². The molecule has 0 aliphatic carbocycles. The van der Waals surface area contributed by atoms with E-state index in [4.69, 9.17) is 5.11 Å². The summed E-state index contributed by atoms with van der Waals surface area (Å²) in [5, 5.41) is 9.02. The molecule has 12 unspecified atom stereocenters. The van der Waals surface area contributed by atoms with Crippen LogP contribution in [-0.4, -0.2) is 167 Å². The molecule has 10 aliphatic heterocycles. The van der Waals surface area contributed by atoms with Crippen molar-refractivity contribution >= 4 is 0 Å². The summed E-state index contributed by atoms with van der Waals surface area (Å²) in [5.74, 6) is 6.10. The molecule has 5 saturated heterocycles. The van der Waals surface area contributed by atoms with Crippen LogP contribution in [0, 0.1) is 29.6 Å². The number of fused-ring (bicyclic) bond motifs is 20. The number of rotatable bonds is 4. The van der Waals surface area contributed by atoms with E-state index in [1.54, 1.807) is 35.2 Å². The average Bonchev–Trinajstić information content (AvgIpc) is 2.68. The fourth-order valence-electron chi connectivity index (χ4n) is 17.5. The van der Waals surface area contributed by atoms with E-state index in [0.717, 1.165) is 69.9 Å². The molecule has 0 saturated carbocycles. The molecule has 10 bridgehead atoms. The number of likely N-dealkylation sites (tertiary alicyclic amines) is 5. The average molecular weight is 1490 g/mol. The number of pyridine rings is 5. The summed E-state index contributed by atoms with van der Waals surface area (Å²) in [6.07, 6.45) is 7.52. The van der Waals surface area contributed by atoms with E-state index < -0.39 is 0 Å². The first-order valence-corrected chi connectivity index (χ1v) is 30.9. The van der Waals surface area contributed by atoms with Gasteiger partial charge in [0.25, 0.3) is 27.8 Å². The predicted molar refractivity (Wildman–Crippen MR) is 318 cm³/mol. The van der Waals surface area contributed by atoms with Gasteiger partial charge in [-0.25, -0.2) is 0 Å². The number of halogens is 3. The number of β-amino-alcohol motifs (C(OH)–C–C–N with tert-alkyl or cyclic N) is 1. The lowest BCUT2D eigenvalue weighted by molar-refractivity contribution is -0.919. The van der Waals surface area contributed by atoms with Crippen LogP contribution in [0.15, 0.2) is 115 Å². The molecule has 84 heavy (non-hydrogen) atoms. The smallest absolute Gasteiger partial charge is 0.250 e. The van der Waals surface area contributed by atoms with Crippen molar-refractivity contribution in [2.75, 3.05) is 120 Å². The molecule has 0 aromatic carbocycles. The van der Waals surface area contributed by atoms with Crippen molar-refractivity contribution in [3.8, 4) is 0 Å². The standard InChI is InChI=1S/C15H23N2O.C13H18N2O2.C13H19N2O.2C12H16N2O.3HI/c1-3-7-17(2)10-12-8-13(11-17)14-5-4-6-15(18)16(14)9-12;16-5-4-14-7-10-6-11(9-14)12-2-1-3-13(17)15(12)8-10;1-15(2)8-10-6-11(9-15)12-4-3-5-13(16)14(12)7-10;2*1-13-6-9-5-10(8-13)11-3-2-4-12(15)14(11)7-9;;;/h4-6,12-13H,3,7-11H2,1-2H3;1-3,10-11,16H,4-9H2;3-5,10-11H,6-9H2,1-2H3;2*2-4,9-10H,5-8H2,1H3;3*1H/q+1;;+1;;;;;/p-2. The van der Waals surface area contributed by atoms with Crippen LogP contribution in [0.2, 0.25) is 0 Å². The van der Waals surface area contributed by atoms with Gasteiger partial charge in [0.1, 0.15) is 0 Å². The summed E-state index contributed by atoms with van der Waals surface area (Å²) in [7, 11) is 11.4. The van der Waals surface area contributed by atoms with Gasteiger partial charge in [-0.1, -0.05) is 37.3 Å². The van der Waals surface area contributed by atoms with Gasteiger partial charge in [-0.15, -0.1) is 0 Å². The Balaban J connectivity index is 0.000000136. The molecule has 16 nitrogen and oxygen atoms in total. The van der Waals surface area contributed by atoms with Gasteiger partial charge in [-0.3, -0.25) is 24.0 Å². The lowest BCUT2D eigenvalue weighted by atomic mass is 9.82. The van der Waals surface area contributed by atoms with Gasteiger partial charge in [-0.05, 0) is 87.7 Å². The van der Waals surface area contributed by atoms with Crippen molar-refractivity contribution < 1.29 is 90.9 Å². The zero-order valence-corrected chi connectivity index (χ0v) is 57.0. The Kier molecular flexibility index (Phi) is 22.6. The number of hydrogen-bond acceptors (Lipinski definition) is 8. The van der Waals surface area contributed by atoms with Gasteiger partial charge in [0.15, 0.2) is 0 Å². The number of quaternary nitrogens is 3. The van der Waals surface area contributed by atoms with Crippen LogP contribution in [0.1, 0.15) is 104 Å². The quantitative estimate of drug-likeness (QED) is 0.134. The number of nitrogens with one attached hydrogen (secondary N) is 1. The molecule has 0 spiro atoms. The zero-order chi connectivity index (χ0) is 56.7. The van der Waals surface area contributed by atoms with Gasteiger partial charge in [0.05, 0.1) is 80.6 Å². The highest BCUT2D eigenvalue weighted by molar-refractivity contribution is 5.20. The van der Waals surface area contributed by atoms with E-state index >= 15 is 0 Å². The van der Waals surface area contributed by atoms with E-state index in [0.29, 0.717) is 59.2 Å². The van der Waals surface area contributed by atoms with Gasteiger partial charge < -0.3 is 124 Å². The van der Waals surface area contributed by atoms with Gasteiger partial charge in [0, 0.05) is 172 Å². The van der Waals surface area contributed by atoms with Crippen molar-refractivity contribution in [1.29, 1.82) is 0 Å². The Hall–Kier alpha value is -3.30. The largest absolute Gasteiger partial charge is 1.00 e. The van der Waals surface area contributed by atoms with Gasteiger partial charge >= 0.3 is 0 Å². The highest BCUT2D eigenvalue weighted by Gasteiger charge is 2.43. The molecule has 10 aliphatic rings. The van der Waals surface area contributed by atoms with Crippen molar-refractivity contribution in [3.05, 3.63) is 171 Å². The van der Waals surface area contributed by atoms with Gasteiger partial charge in [0.2, 0.25) is 0 Å². The molecule has 0 amide bonds. The molecular weight excluding hydrogens is 1400 g/mol. The number of aromatic nitrogens is 5. The highest BCUT2D eigenvalue weighted by atomic mass is 127. The van der Waals surface area contributed by atoms with Crippen molar-refractivity contribution in [2.45, 2.75) is 108 Å². The SMILES string of the molecule is CCC[N+]1(C)CC2CC(C1)c1cccc(=O)n1C2.CN1CC2CC(C1)c1cccc(=O)n1C2.C[N+]1(C)CC2CC(C1)c1cccc(=O)n1C2.C[NH+]1CC2CC(C1)c1cccc(=O)n1C2.O=c1cccc2n1CC1CC2CN(CCO)C1.[I-].[I-].[I-]. The predicted octanol–water partition coefficient (Wildman–Crippen LogP) is -5.49. The number of hydrogen-bond donors (Lipinski definition) is 2. The second kappa shape index (κ2) is 28.5. The molecule has 5 aromatic heterocycles. The Morgan fingerprint density at radius 2 is 0.845 bits per heavy atom. The molecule has 19 heteroatoms. The van der Waals surface area contributed by atoms with Crippen LogP contribution < -0.4 is 105 Å². The minimum Gasteiger partial charge on any atom is -1.00 e. The zero-order valence-electron chi connectivity index (χ0n) is 50.6. The van der Waals surface area contributed by atoms with Crippen molar-refractivity contribution in [1.82, 2.24) is 32.6 Å². The van der Waals surface area contributed by atoms with Crippen LogP contribution in [0.4, 0.5) is 0 Å². The monoisotopic (exact) mass is 1490 g/mol. The molecule has 5 fully saturated rings. The molecule has 2 N–H and O–H groups in total. The van der Waals surface area contributed by atoms with Crippen molar-refractivity contribution in [2.24, 2.45) is 29.6 Å². The number of likely N-dealkylation sites (N-methyl/N-ethyl adjacent to an activating group) is 4. The van der Waals surface area contributed by atoms with Crippen LogP contribution >= 0.6 is 0 Å². The maximum atomic E-state index is 11.9. The van der Waals surface area contributed by atoms with Crippen LogP contribution in [-0.2, 0) is 32.7 Å². The second-order valence-corrected chi connectivity index (χ2v) is 27.6. The van der Waals surface area contributed by atoms with E-state index in [-0.39, 0.29) is 106 Å². The van der Waals surface area contributed by atoms with Crippen LogP contribution in [0.5, 0.6) is 0 Å². The fourth-order valence-corrected chi connectivity index (χ4v) is 17.5. The second-order valence-electron chi connectivity index (χ2n) is 27.6. The first kappa shape index (κ1) is 66.6. The Morgan fingerprint density at radius 3 is 1.33 bits per heavy atom. The number of aliphatic hydroxyl groups excluding tert-OH is 1. The molecule has 460 valence electrons. The normalized spacial score (nSPS) is 30.2. The van der Waals surface area contributed by atoms with Crippen LogP contribution in [0.25, 0.3) is 0 Å². The fraction of sp³-hybridized carbons (Fsp3) is 0.615. The summed E-state index contributed by atoms with van der Waals surface area (Å²) < 4.78 is 12.2. The third-order valence-electron chi connectivity index (χ3n) is 20.1. The lowest BCUT2D eigenvalue weighted by Crippen LogP contribution is -3.11. The number of piperidine rings is 5. The molecular formula is C65H93I3N10O6. The summed E-state index contributed by atoms with van der Waals surface area (Å²) >= 11 is 0. The minimum absolute atomic E-state index is 0. The van der Waals surface area contributed by atoms with E-state index in [1.807, 2.05) is 53.2 Å². The third kappa shape index (κ3) is 15.0. The number of aliphatic hydroxyl groups is 1.